The number of ether oxygens (including phenoxy) is 2. The second-order valence-electron chi connectivity index (χ2n) is 5.04. The normalized spacial score (nSPS) is 16.0. The van der Waals surface area contributed by atoms with Crippen molar-refractivity contribution in [2.75, 3.05) is 33.4 Å². The van der Waals surface area contributed by atoms with Gasteiger partial charge in [-0.15, -0.1) is 0 Å². The second kappa shape index (κ2) is 8.76. The van der Waals surface area contributed by atoms with E-state index in [1.54, 1.807) is 13.2 Å². The lowest BCUT2D eigenvalue weighted by molar-refractivity contribution is 0.0317. The second-order valence-corrected chi connectivity index (χ2v) is 5.04. The minimum absolute atomic E-state index is 0.233. The molecule has 1 aromatic rings. The van der Waals surface area contributed by atoms with Crippen molar-refractivity contribution in [1.82, 2.24) is 15.8 Å². The Morgan fingerprint density at radius 3 is 3.10 bits per heavy atom. The van der Waals surface area contributed by atoms with Gasteiger partial charge in [-0.1, -0.05) is 5.16 Å². The molecule has 118 valence electrons. The van der Waals surface area contributed by atoms with E-state index in [-0.39, 0.29) is 11.6 Å². The number of hydrogen-bond acceptors (Lipinski definition) is 6. The Bertz CT molecular complexity index is 430. The predicted molar refractivity (Wildman–Crippen MR) is 76.0 cm³/mol. The summed E-state index contributed by atoms with van der Waals surface area (Å²) < 4.78 is 15.6. The van der Waals surface area contributed by atoms with Crippen LogP contribution in [0, 0.1) is 0 Å². The number of nitrogens with zero attached hydrogens (tertiary/aromatic N) is 1. The van der Waals surface area contributed by atoms with Gasteiger partial charge in [-0.2, -0.15) is 0 Å². The summed E-state index contributed by atoms with van der Waals surface area (Å²) in [6.45, 7) is 3.59. The summed E-state index contributed by atoms with van der Waals surface area (Å²) in [6.07, 6.45) is 3.27. The van der Waals surface area contributed by atoms with Crippen LogP contribution in [0.1, 0.15) is 35.5 Å². The van der Waals surface area contributed by atoms with E-state index in [2.05, 4.69) is 15.8 Å². The first kappa shape index (κ1) is 15.9. The molecule has 0 saturated carbocycles. The number of carbonyl (C=O) groups excluding carboxylic acids is 1. The van der Waals surface area contributed by atoms with Crippen LogP contribution >= 0.6 is 0 Å². The fourth-order valence-electron chi connectivity index (χ4n) is 2.21. The third-order valence-electron chi connectivity index (χ3n) is 3.32. The molecule has 2 rings (SSSR count). The average Bonchev–Trinajstić information content (AvgIpc) is 2.97. The van der Waals surface area contributed by atoms with Crippen molar-refractivity contribution in [3.05, 3.63) is 17.5 Å². The lowest BCUT2D eigenvalue weighted by atomic mass is 10.1. The number of piperidine rings is 1. The summed E-state index contributed by atoms with van der Waals surface area (Å²) in [6, 6.07) is 1.59. The van der Waals surface area contributed by atoms with Gasteiger partial charge >= 0.3 is 0 Å². The van der Waals surface area contributed by atoms with Gasteiger partial charge < -0.3 is 24.6 Å². The molecule has 0 aliphatic carbocycles. The number of aromatic nitrogens is 1. The molecule has 0 radical (unpaired) electrons. The maximum Gasteiger partial charge on any atom is 0.273 e. The number of nitrogens with one attached hydrogen (secondary N) is 2. The maximum atomic E-state index is 11.8. The van der Waals surface area contributed by atoms with E-state index in [0.717, 1.165) is 32.4 Å². The van der Waals surface area contributed by atoms with E-state index in [4.69, 9.17) is 14.0 Å². The molecule has 0 atom stereocenters. The van der Waals surface area contributed by atoms with Gasteiger partial charge in [0.25, 0.3) is 5.91 Å². The summed E-state index contributed by atoms with van der Waals surface area (Å²) in [7, 11) is 1.56. The van der Waals surface area contributed by atoms with E-state index in [1.807, 2.05) is 0 Å². The van der Waals surface area contributed by atoms with Crippen LogP contribution in [0.4, 0.5) is 0 Å². The smallest absolute Gasteiger partial charge is 0.273 e. The van der Waals surface area contributed by atoms with Gasteiger partial charge in [0.05, 0.1) is 6.10 Å². The molecule has 2 heterocycles. The van der Waals surface area contributed by atoms with Gasteiger partial charge in [0, 0.05) is 26.3 Å². The summed E-state index contributed by atoms with van der Waals surface area (Å²) in [5.74, 6) is 0.305. The first-order chi connectivity index (χ1) is 10.3. The molecular formula is C14H23N3O4. The van der Waals surface area contributed by atoms with E-state index >= 15 is 0 Å². The highest BCUT2D eigenvalue weighted by atomic mass is 16.5. The molecule has 7 nitrogen and oxygen atoms in total. The zero-order valence-corrected chi connectivity index (χ0v) is 12.4. The van der Waals surface area contributed by atoms with E-state index in [1.165, 1.54) is 0 Å². The van der Waals surface area contributed by atoms with Gasteiger partial charge in [-0.3, -0.25) is 4.79 Å². The van der Waals surface area contributed by atoms with Crippen molar-refractivity contribution >= 4 is 5.91 Å². The number of carbonyl (C=O) groups is 1. The molecule has 1 fully saturated rings. The zero-order valence-electron chi connectivity index (χ0n) is 12.4. The summed E-state index contributed by atoms with van der Waals surface area (Å²) in [4.78, 5) is 11.8. The molecule has 21 heavy (non-hydrogen) atoms. The number of amides is 1. The minimum Gasteiger partial charge on any atom is -0.378 e. The molecule has 0 unspecified atom stereocenters. The Morgan fingerprint density at radius 1 is 1.52 bits per heavy atom. The third kappa shape index (κ3) is 5.45. The SMILES string of the molecule is COCc1cc(C(=O)NCCCOC2CCNCC2)no1. The Hall–Kier alpha value is -1.44. The molecule has 2 N–H and O–H groups in total. The Labute approximate surface area is 124 Å². The van der Waals surface area contributed by atoms with Crippen molar-refractivity contribution in [2.45, 2.75) is 32.0 Å². The lowest BCUT2D eigenvalue weighted by Crippen LogP contribution is -2.33. The van der Waals surface area contributed by atoms with Crippen molar-refractivity contribution in [2.24, 2.45) is 0 Å². The molecule has 0 bridgehead atoms. The van der Waals surface area contributed by atoms with Crippen LogP contribution in [0.3, 0.4) is 0 Å². The van der Waals surface area contributed by atoms with Crippen molar-refractivity contribution in [1.29, 1.82) is 0 Å². The van der Waals surface area contributed by atoms with E-state index < -0.39 is 0 Å². The summed E-state index contributed by atoms with van der Waals surface area (Å²) >= 11 is 0. The molecule has 7 heteroatoms. The van der Waals surface area contributed by atoms with E-state index in [9.17, 15) is 4.79 Å². The number of rotatable bonds is 8. The lowest BCUT2D eigenvalue weighted by Gasteiger charge is -2.22. The molecule has 0 aromatic carbocycles. The highest BCUT2D eigenvalue weighted by Crippen LogP contribution is 2.07. The van der Waals surface area contributed by atoms with Crippen LogP contribution in [-0.4, -0.2) is 50.5 Å². The minimum atomic E-state index is -0.233. The van der Waals surface area contributed by atoms with Crippen LogP contribution in [0.25, 0.3) is 0 Å². The van der Waals surface area contributed by atoms with Gasteiger partial charge in [0.1, 0.15) is 6.61 Å². The summed E-state index contributed by atoms with van der Waals surface area (Å²) in [5.41, 5.74) is 0.279. The average molecular weight is 297 g/mol. The molecule has 1 aliphatic rings. The number of methoxy groups -OCH3 is 1. The molecule has 1 saturated heterocycles. The molecule has 1 amide bonds. The third-order valence-corrected chi connectivity index (χ3v) is 3.32. The number of hydrogen-bond donors (Lipinski definition) is 2. The predicted octanol–water partition coefficient (Wildman–Crippen LogP) is 0.710. The molecule has 1 aliphatic heterocycles. The molecule has 1 aromatic heterocycles. The topological polar surface area (TPSA) is 85.6 Å². The Balaban J connectivity index is 1.58. The van der Waals surface area contributed by atoms with Gasteiger partial charge in [-0.25, -0.2) is 0 Å². The van der Waals surface area contributed by atoms with E-state index in [0.29, 0.717) is 31.6 Å². The van der Waals surface area contributed by atoms with Gasteiger partial charge in [0.2, 0.25) is 0 Å². The van der Waals surface area contributed by atoms with Crippen molar-refractivity contribution in [3.8, 4) is 0 Å². The standard InChI is InChI=1S/C14H23N3O4/c1-19-10-12-9-13(17-21-12)14(18)16-5-2-8-20-11-3-6-15-7-4-11/h9,11,15H,2-8,10H2,1H3,(H,16,18). The van der Waals surface area contributed by atoms with Crippen LogP contribution in [-0.2, 0) is 16.1 Å². The van der Waals surface area contributed by atoms with Crippen LogP contribution in [0.2, 0.25) is 0 Å². The van der Waals surface area contributed by atoms with Crippen molar-refractivity contribution < 1.29 is 18.8 Å². The first-order valence-corrected chi connectivity index (χ1v) is 7.34. The highest BCUT2D eigenvalue weighted by molar-refractivity contribution is 5.92. The molecular weight excluding hydrogens is 274 g/mol. The first-order valence-electron chi connectivity index (χ1n) is 7.34. The Morgan fingerprint density at radius 2 is 2.33 bits per heavy atom. The van der Waals surface area contributed by atoms with Crippen LogP contribution in [0.5, 0.6) is 0 Å². The van der Waals surface area contributed by atoms with Crippen LogP contribution < -0.4 is 10.6 Å². The van der Waals surface area contributed by atoms with Gasteiger partial charge in [-0.05, 0) is 32.4 Å². The monoisotopic (exact) mass is 297 g/mol. The largest absolute Gasteiger partial charge is 0.378 e. The molecule has 0 spiro atoms. The fourth-order valence-corrected chi connectivity index (χ4v) is 2.21. The highest BCUT2D eigenvalue weighted by Gasteiger charge is 2.14. The fraction of sp³-hybridized carbons (Fsp3) is 0.714. The van der Waals surface area contributed by atoms with Gasteiger partial charge in [0.15, 0.2) is 11.5 Å². The zero-order chi connectivity index (χ0) is 14.9. The summed E-state index contributed by atoms with van der Waals surface area (Å²) in [5, 5.41) is 9.80. The quantitative estimate of drug-likeness (QED) is 0.687. The Kier molecular flexibility index (Phi) is 6.65. The van der Waals surface area contributed by atoms with Crippen LogP contribution in [0.15, 0.2) is 10.6 Å². The van der Waals surface area contributed by atoms with Crippen molar-refractivity contribution in [3.63, 3.8) is 0 Å². The maximum absolute atomic E-state index is 11.8.